The highest BCUT2D eigenvalue weighted by Crippen LogP contribution is 2.30. The number of methoxy groups -OCH3 is 1. The van der Waals surface area contributed by atoms with Crippen LogP contribution in [0.15, 0.2) is 66.7 Å². The van der Waals surface area contributed by atoms with Crippen LogP contribution in [-0.2, 0) is 0 Å². The molecule has 3 aromatic rings. The quantitative estimate of drug-likeness (QED) is 0.802. The van der Waals surface area contributed by atoms with Crippen LogP contribution in [0, 0.1) is 0 Å². The first kappa shape index (κ1) is 14.2. The van der Waals surface area contributed by atoms with Gasteiger partial charge in [-0.1, -0.05) is 60.7 Å². The molecular weight excluding hydrogens is 276 g/mol. The summed E-state index contributed by atoms with van der Waals surface area (Å²) in [6.07, 6.45) is -0.811. The first-order chi connectivity index (χ1) is 10.8. The Balaban J connectivity index is 2.06. The Morgan fingerprint density at radius 1 is 0.909 bits per heavy atom. The number of aromatic nitrogens is 2. The lowest BCUT2D eigenvalue weighted by molar-refractivity contribution is 0.213. The van der Waals surface area contributed by atoms with E-state index >= 15 is 0 Å². The Labute approximate surface area is 129 Å². The van der Waals surface area contributed by atoms with Gasteiger partial charge < -0.3 is 9.84 Å². The minimum atomic E-state index is -0.811. The highest BCUT2D eigenvalue weighted by molar-refractivity contribution is 5.60. The van der Waals surface area contributed by atoms with E-state index in [4.69, 9.17) is 4.74 Å². The Bertz CT molecular complexity index is 746. The largest absolute Gasteiger partial charge is 0.480 e. The molecule has 0 fully saturated rings. The first-order valence-corrected chi connectivity index (χ1v) is 6.99. The highest BCUT2D eigenvalue weighted by Gasteiger charge is 2.18. The molecule has 0 aliphatic heterocycles. The molecule has 1 atom stereocenters. The average Bonchev–Trinajstić information content (AvgIpc) is 2.62. The first-order valence-electron chi connectivity index (χ1n) is 6.99. The van der Waals surface area contributed by atoms with Crippen molar-refractivity contribution >= 4 is 0 Å². The molecule has 1 unspecified atom stereocenters. The van der Waals surface area contributed by atoms with Crippen LogP contribution in [0.25, 0.3) is 11.3 Å². The minimum Gasteiger partial charge on any atom is -0.480 e. The van der Waals surface area contributed by atoms with Crippen LogP contribution in [0.5, 0.6) is 5.88 Å². The molecule has 0 spiro atoms. The van der Waals surface area contributed by atoms with Gasteiger partial charge in [-0.2, -0.15) is 0 Å². The molecule has 2 aromatic carbocycles. The van der Waals surface area contributed by atoms with E-state index in [2.05, 4.69) is 10.2 Å². The summed E-state index contributed by atoms with van der Waals surface area (Å²) >= 11 is 0. The Morgan fingerprint density at radius 3 is 2.18 bits per heavy atom. The third-order valence-corrected chi connectivity index (χ3v) is 3.46. The summed E-state index contributed by atoms with van der Waals surface area (Å²) < 4.78 is 5.25. The lowest BCUT2D eigenvalue weighted by Crippen LogP contribution is -2.06. The molecule has 0 saturated carbocycles. The second-order valence-electron chi connectivity index (χ2n) is 4.87. The van der Waals surface area contributed by atoms with Crippen LogP contribution in [0.1, 0.15) is 17.2 Å². The fraction of sp³-hybridized carbons (Fsp3) is 0.111. The van der Waals surface area contributed by atoms with Crippen LogP contribution in [0.2, 0.25) is 0 Å². The smallest absolute Gasteiger partial charge is 0.239 e. The van der Waals surface area contributed by atoms with Crippen molar-refractivity contribution in [1.29, 1.82) is 0 Å². The number of aliphatic hydroxyl groups excluding tert-OH is 1. The fourth-order valence-corrected chi connectivity index (χ4v) is 2.31. The number of aliphatic hydroxyl groups is 1. The van der Waals surface area contributed by atoms with E-state index in [-0.39, 0.29) is 0 Å². The van der Waals surface area contributed by atoms with E-state index in [0.717, 1.165) is 11.1 Å². The maximum Gasteiger partial charge on any atom is 0.239 e. The molecule has 1 N–H and O–H groups in total. The van der Waals surface area contributed by atoms with Gasteiger partial charge in [0.25, 0.3) is 0 Å². The number of ether oxygens (including phenoxy) is 1. The highest BCUT2D eigenvalue weighted by atomic mass is 16.5. The number of nitrogens with zero attached hydrogens (tertiary/aromatic N) is 2. The number of hydrogen-bond acceptors (Lipinski definition) is 4. The van der Waals surface area contributed by atoms with E-state index in [0.29, 0.717) is 17.1 Å². The normalized spacial score (nSPS) is 11.9. The monoisotopic (exact) mass is 292 g/mol. The molecule has 0 radical (unpaired) electrons. The third kappa shape index (κ3) is 2.82. The van der Waals surface area contributed by atoms with Gasteiger partial charge in [0, 0.05) is 5.56 Å². The van der Waals surface area contributed by atoms with Crippen molar-refractivity contribution in [2.45, 2.75) is 6.10 Å². The predicted octanol–water partition coefficient (Wildman–Crippen LogP) is 3.23. The molecular formula is C18H16N2O2. The van der Waals surface area contributed by atoms with Crippen LogP contribution in [0.4, 0.5) is 0 Å². The maximum absolute atomic E-state index is 10.6. The van der Waals surface area contributed by atoms with Crippen molar-refractivity contribution in [2.24, 2.45) is 0 Å². The summed E-state index contributed by atoms with van der Waals surface area (Å²) in [7, 11) is 1.52. The Hall–Kier alpha value is -2.72. The summed E-state index contributed by atoms with van der Waals surface area (Å²) in [4.78, 5) is 0. The predicted molar refractivity (Wildman–Crippen MR) is 84.5 cm³/mol. The van der Waals surface area contributed by atoms with Gasteiger partial charge in [-0.15, -0.1) is 10.2 Å². The van der Waals surface area contributed by atoms with Gasteiger partial charge in [0.1, 0.15) is 6.10 Å². The van der Waals surface area contributed by atoms with Gasteiger partial charge in [0.05, 0.1) is 18.4 Å². The Kier molecular flexibility index (Phi) is 4.12. The zero-order valence-corrected chi connectivity index (χ0v) is 12.2. The SMILES string of the molecule is COc1nnc(-c2ccccc2)cc1C(O)c1ccccc1. The number of hydrogen-bond donors (Lipinski definition) is 1. The molecule has 1 heterocycles. The van der Waals surface area contributed by atoms with Gasteiger partial charge in [-0.3, -0.25) is 0 Å². The molecule has 4 nitrogen and oxygen atoms in total. The summed E-state index contributed by atoms with van der Waals surface area (Å²) in [5, 5.41) is 18.9. The molecule has 0 amide bonds. The molecule has 0 aliphatic carbocycles. The van der Waals surface area contributed by atoms with Crippen molar-refractivity contribution in [3.63, 3.8) is 0 Å². The fourth-order valence-electron chi connectivity index (χ4n) is 2.31. The molecule has 0 saturated heterocycles. The molecule has 4 heteroatoms. The van der Waals surface area contributed by atoms with Crippen LogP contribution >= 0.6 is 0 Å². The van der Waals surface area contributed by atoms with Gasteiger partial charge in [-0.25, -0.2) is 0 Å². The molecule has 3 rings (SSSR count). The van der Waals surface area contributed by atoms with Crippen molar-refractivity contribution in [2.75, 3.05) is 7.11 Å². The third-order valence-electron chi connectivity index (χ3n) is 3.46. The number of rotatable bonds is 4. The zero-order chi connectivity index (χ0) is 15.4. The topological polar surface area (TPSA) is 55.2 Å². The van der Waals surface area contributed by atoms with E-state index in [1.807, 2.05) is 66.7 Å². The van der Waals surface area contributed by atoms with Crippen LogP contribution < -0.4 is 4.74 Å². The van der Waals surface area contributed by atoms with Crippen molar-refractivity contribution in [1.82, 2.24) is 10.2 Å². The van der Waals surface area contributed by atoms with Gasteiger partial charge in [0.2, 0.25) is 5.88 Å². The van der Waals surface area contributed by atoms with E-state index in [1.54, 1.807) is 0 Å². The molecule has 0 aliphatic rings. The summed E-state index contributed by atoms with van der Waals surface area (Å²) in [6, 6.07) is 21.0. The van der Waals surface area contributed by atoms with Crippen molar-refractivity contribution < 1.29 is 9.84 Å². The van der Waals surface area contributed by atoms with Crippen LogP contribution in [0.3, 0.4) is 0 Å². The summed E-state index contributed by atoms with van der Waals surface area (Å²) in [6.45, 7) is 0. The van der Waals surface area contributed by atoms with Crippen LogP contribution in [-0.4, -0.2) is 22.4 Å². The van der Waals surface area contributed by atoms with Gasteiger partial charge in [0.15, 0.2) is 0 Å². The number of benzene rings is 2. The molecule has 110 valence electrons. The standard InChI is InChI=1S/C18H16N2O2/c1-22-18-15(17(21)14-10-6-3-7-11-14)12-16(19-20-18)13-8-4-2-5-9-13/h2-12,17,21H,1H3. The zero-order valence-electron chi connectivity index (χ0n) is 12.2. The van der Waals surface area contributed by atoms with E-state index < -0.39 is 6.10 Å². The van der Waals surface area contributed by atoms with Crippen molar-refractivity contribution in [3.8, 4) is 17.1 Å². The molecule has 22 heavy (non-hydrogen) atoms. The van der Waals surface area contributed by atoms with E-state index in [1.165, 1.54) is 7.11 Å². The minimum absolute atomic E-state index is 0.330. The summed E-state index contributed by atoms with van der Waals surface area (Å²) in [5.41, 5.74) is 3.03. The second kappa shape index (κ2) is 6.37. The average molecular weight is 292 g/mol. The second-order valence-corrected chi connectivity index (χ2v) is 4.87. The molecule has 1 aromatic heterocycles. The molecule has 0 bridgehead atoms. The lowest BCUT2D eigenvalue weighted by atomic mass is 10.0. The summed E-state index contributed by atoms with van der Waals surface area (Å²) in [5.74, 6) is 0.330. The van der Waals surface area contributed by atoms with Crippen molar-refractivity contribution in [3.05, 3.63) is 77.9 Å². The lowest BCUT2D eigenvalue weighted by Gasteiger charge is -2.15. The van der Waals surface area contributed by atoms with E-state index in [9.17, 15) is 5.11 Å². The van der Waals surface area contributed by atoms with Gasteiger partial charge >= 0.3 is 0 Å². The Morgan fingerprint density at radius 2 is 1.55 bits per heavy atom. The van der Waals surface area contributed by atoms with Gasteiger partial charge in [-0.05, 0) is 11.6 Å². The maximum atomic E-state index is 10.6.